The average molecular weight is 385 g/mol. The van der Waals surface area contributed by atoms with Crippen molar-refractivity contribution >= 4 is 27.6 Å². The number of hydrogen-bond acceptors (Lipinski definition) is 5. The number of carboxylic acid groups (broad SMARTS) is 1. The predicted molar refractivity (Wildman–Crippen MR) is 96.3 cm³/mol. The summed E-state index contributed by atoms with van der Waals surface area (Å²) in [4.78, 5) is 36.4. The van der Waals surface area contributed by atoms with Crippen LogP contribution in [0.15, 0.2) is 58.5 Å². The lowest BCUT2D eigenvalue weighted by atomic mass is 9.82. The maximum atomic E-state index is 13.0. The van der Waals surface area contributed by atoms with E-state index in [1.54, 1.807) is 6.07 Å². The zero-order valence-corrected chi connectivity index (χ0v) is 15.0. The Hall–Kier alpha value is -3.10. The van der Waals surface area contributed by atoms with Crippen molar-refractivity contribution in [1.29, 1.82) is 0 Å². The fourth-order valence-electron chi connectivity index (χ4n) is 3.08. The van der Waals surface area contributed by atoms with Gasteiger partial charge in [-0.15, -0.1) is 0 Å². The molecule has 2 aromatic rings. The number of nitrogens with two attached hydrogens (primary N) is 1. The summed E-state index contributed by atoms with van der Waals surface area (Å²) in [6, 6.07) is 9.91. The minimum absolute atomic E-state index is 0.00405. The number of carboxylic acids is 1. The van der Waals surface area contributed by atoms with E-state index in [0.717, 1.165) is 0 Å². The van der Waals surface area contributed by atoms with Gasteiger partial charge in [-0.1, -0.05) is 24.3 Å². The minimum atomic E-state index is -4.21. The summed E-state index contributed by atoms with van der Waals surface area (Å²) < 4.78 is 23.7. The fourth-order valence-corrected chi connectivity index (χ4v) is 3.84. The van der Waals surface area contributed by atoms with Crippen molar-refractivity contribution in [3.63, 3.8) is 0 Å². The highest BCUT2D eigenvalue weighted by atomic mass is 32.2. The van der Waals surface area contributed by atoms with Crippen molar-refractivity contribution in [3.8, 4) is 0 Å². The molecule has 0 aliphatic heterocycles. The second-order valence-corrected chi connectivity index (χ2v) is 7.70. The third-order valence-corrected chi connectivity index (χ3v) is 5.38. The number of aromatic carboxylic acids is 1. The molecule has 0 radical (unpaired) electrons. The largest absolute Gasteiger partial charge is 0.478 e. The molecule has 138 valence electrons. The van der Waals surface area contributed by atoms with Crippen LogP contribution in [0.4, 0.5) is 0 Å². The van der Waals surface area contributed by atoms with Crippen molar-refractivity contribution in [1.82, 2.24) is 0 Å². The topological polar surface area (TPSA) is 132 Å². The summed E-state index contributed by atoms with van der Waals surface area (Å²) >= 11 is 0. The molecule has 0 fully saturated rings. The zero-order chi connectivity index (χ0) is 19.9. The standard InChI is InChI=1S/C19H15NO6S/c1-10-14(9-11-4-2-5-12(8-11)19(23)24)18(22)16-13(17(10)21)6-3-7-15(16)27(20,25)26/h2-8H,9H2,1H3,(H,23,24)(H2,20,25,26). The number of carbonyl (C=O) groups is 3. The number of carbonyl (C=O) groups excluding carboxylic acids is 2. The molecule has 1 aliphatic rings. The van der Waals surface area contributed by atoms with Crippen LogP contribution in [0.25, 0.3) is 0 Å². The van der Waals surface area contributed by atoms with Crippen LogP contribution in [-0.4, -0.2) is 31.1 Å². The van der Waals surface area contributed by atoms with Gasteiger partial charge in [0.1, 0.15) is 0 Å². The van der Waals surface area contributed by atoms with Crippen LogP contribution in [0.3, 0.4) is 0 Å². The highest BCUT2D eigenvalue weighted by molar-refractivity contribution is 7.89. The molecule has 0 heterocycles. The Kier molecular flexibility index (Phi) is 4.54. The summed E-state index contributed by atoms with van der Waals surface area (Å²) in [5.74, 6) is -2.18. The fraction of sp³-hybridized carbons (Fsp3) is 0.105. The first-order chi connectivity index (χ1) is 12.6. The van der Waals surface area contributed by atoms with E-state index in [-0.39, 0.29) is 34.3 Å². The number of ketones is 2. The molecular formula is C19H15NO6S. The first-order valence-corrected chi connectivity index (χ1v) is 9.43. The van der Waals surface area contributed by atoms with Gasteiger partial charge in [-0.05, 0) is 30.7 Å². The molecule has 1 aliphatic carbocycles. The molecule has 0 amide bonds. The molecular weight excluding hydrogens is 370 g/mol. The Morgan fingerprint density at radius 2 is 1.74 bits per heavy atom. The molecule has 0 bridgehead atoms. The summed E-state index contributed by atoms with van der Waals surface area (Å²) in [7, 11) is -4.21. The first kappa shape index (κ1) is 18.7. The van der Waals surface area contributed by atoms with Crippen LogP contribution in [-0.2, 0) is 16.4 Å². The van der Waals surface area contributed by atoms with Crippen LogP contribution in [0, 0.1) is 0 Å². The Labute approximate surface area is 155 Å². The van der Waals surface area contributed by atoms with Gasteiger partial charge in [0.25, 0.3) is 0 Å². The molecule has 7 nitrogen and oxygen atoms in total. The number of hydrogen-bond donors (Lipinski definition) is 2. The number of rotatable bonds is 4. The average Bonchev–Trinajstić information content (AvgIpc) is 2.62. The van der Waals surface area contributed by atoms with Gasteiger partial charge in [0.05, 0.1) is 16.0 Å². The maximum absolute atomic E-state index is 13.0. The molecule has 0 atom stereocenters. The van der Waals surface area contributed by atoms with Gasteiger partial charge in [0, 0.05) is 23.1 Å². The minimum Gasteiger partial charge on any atom is -0.478 e. The molecule has 27 heavy (non-hydrogen) atoms. The number of allylic oxidation sites excluding steroid dienone is 2. The summed E-state index contributed by atoms with van der Waals surface area (Å²) in [6.45, 7) is 1.49. The van der Waals surface area contributed by atoms with Gasteiger partial charge in [-0.2, -0.15) is 0 Å². The second kappa shape index (κ2) is 6.57. The number of benzene rings is 2. The third kappa shape index (κ3) is 3.32. The van der Waals surface area contributed by atoms with E-state index < -0.39 is 32.5 Å². The molecule has 8 heteroatoms. The number of sulfonamides is 1. The number of Topliss-reactive ketones (excluding diaryl/α,β-unsaturated/α-hetero) is 2. The van der Waals surface area contributed by atoms with Gasteiger partial charge < -0.3 is 5.11 Å². The quantitative estimate of drug-likeness (QED) is 0.827. The van der Waals surface area contributed by atoms with Crippen molar-refractivity contribution in [2.45, 2.75) is 18.2 Å². The van der Waals surface area contributed by atoms with Crippen molar-refractivity contribution in [3.05, 3.63) is 75.9 Å². The maximum Gasteiger partial charge on any atom is 0.335 e. The van der Waals surface area contributed by atoms with E-state index in [4.69, 9.17) is 10.2 Å². The molecule has 0 saturated heterocycles. The van der Waals surface area contributed by atoms with E-state index in [0.29, 0.717) is 5.56 Å². The lowest BCUT2D eigenvalue weighted by Gasteiger charge is -2.21. The van der Waals surface area contributed by atoms with Crippen LogP contribution in [0.1, 0.15) is 43.6 Å². The highest BCUT2D eigenvalue weighted by Gasteiger charge is 2.34. The molecule has 0 unspecified atom stereocenters. The van der Waals surface area contributed by atoms with Crippen molar-refractivity contribution < 1.29 is 27.9 Å². The molecule has 0 saturated carbocycles. The third-order valence-electron chi connectivity index (χ3n) is 4.43. The van der Waals surface area contributed by atoms with Gasteiger partial charge in [0.15, 0.2) is 11.6 Å². The van der Waals surface area contributed by atoms with Crippen LogP contribution in [0.5, 0.6) is 0 Å². The van der Waals surface area contributed by atoms with Gasteiger partial charge in [0.2, 0.25) is 10.0 Å². The predicted octanol–water partition coefficient (Wildman–Crippen LogP) is 1.97. The molecule has 3 rings (SSSR count). The Balaban J connectivity index is 2.13. The lowest BCUT2D eigenvalue weighted by Crippen LogP contribution is -2.26. The summed E-state index contributed by atoms with van der Waals surface area (Å²) in [6.07, 6.45) is -0.00405. The SMILES string of the molecule is CC1=C(Cc2cccc(C(=O)O)c2)C(=O)c2c(cccc2S(N)(=O)=O)C1=O. The number of primary sulfonamides is 1. The smallest absolute Gasteiger partial charge is 0.335 e. The van der Waals surface area contributed by atoms with Crippen LogP contribution >= 0.6 is 0 Å². The summed E-state index contributed by atoms with van der Waals surface area (Å²) in [5.41, 5.74) is 0.630. The Bertz CT molecular complexity index is 1140. The molecule has 0 aromatic heterocycles. The Morgan fingerprint density at radius 3 is 2.37 bits per heavy atom. The highest BCUT2D eigenvalue weighted by Crippen LogP contribution is 2.32. The second-order valence-electron chi connectivity index (χ2n) is 6.17. The van der Waals surface area contributed by atoms with Crippen molar-refractivity contribution in [2.75, 3.05) is 0 Å². The van der Waals surface area contributed by atoms with E-state index in [9.17, 15) is 22.8 Å². The number of fused-ring (bicyclic) bond motifs is 1. The van der Waals surface area contributed by atoms with Gasteiger partial charge in [-0.3, -0.25) is 9.59 Å². The van der Waals surface area contributed by atoms with Gasteiger partial charge in [-0.25, -0.2) is 18.4 Å². The van der Waals surface area contributed by atoms with Gasteiger partial charge >= 0.3 is 5.97 Å². The Morgan fingerprint density at radius 1 is 1.07 bits per heavy atom. The zero-order valence-electron chi connectivity index (χ0n) is 14.2. The monoisotopic (exact) mass is 385 g/mol. The van der Waals surface area contributed by atoms with Crippen LogP contribution in [0.2, 0.25) is 0 Å². The molecule has 2 aromatic carbocycles. The van der Waals surface area contributed by atoms with Crippen LogP contribution < -0.4 is 5.14 Å². The molecule has 0 spiro atoms. The van der Waals surface area contributed by atoms with Crippen molar-refractivity contribution in [2.24, 2.45) is 5.14 Å². The van der Waals surface area contributed by atoms with E-state index in [2.05, 4.69) is 0 Å². The van der Waals surface area contributed by atoms with E-state index in [1.165, 1.54) is 43.3 Å². The van der Waals surface area contributed by atoms with E-state index in [1.807, 2.05) is 0 Å². The normalized spacial score (nSPS) is 14.3. The van der Waals surface area contributed by atoms with E-state index >= 15 is 0 Å². The lowest BCUT2D eigenvalue weighted by molar-refractivity contribution is 0.0696. The first-order valence-electron chi connectivity index (χ1n) is 7.88. The summed E-state index contributed by atoms with van der Waals surface area (Å²) in [5, 5.41) is 14.3. The molecule has 3 N–H and O–H groups in total.